The van der Waals surface area contributed by atoms with Gasteiger partial charge in [-0.2, -0.15) is 5.10 Å². The molecule has 1 N–H and O–H groups in total. The van der Waals surface area contributed by atoms with E-state index in [4.69, 9.17) is 16.3 Å². The van der Waals surface area contributed by atoms with Crippen LogP contribution in [0.25, 0.3) is 0 Å². The van der Waals surface area contributed by atoms with Crippen LogP contribution in [0.5, 0.6) is 5.88 Å². The summed E-state index contributed by atoms with van der Waals surface area (Å²) in [4.78, 5) is 0. The fraction of sp³-hybridized carbons (Fsp3) is 0.357. The van der Waals surface area contributed by atoms with Crippen LogP contribution in [0.15, 0.2) is 18.2 Å². The van der Waals surface area contributed by atoms with E-state index >= 15 is 0 Å². The van der Waals surface area contributed by atoms with E-state index in [1.165, 1.54) is 0 Å². The number of rotatable bonds is 4. The standard InChI is InChI=1S/C14H18ClN3O/c1-9-5-6-13(12(15)7-9)16-8-11-10(2)17-18(3)14(11)19-4/h5-7,16H,8H2,1-4H3. The van der Waals surface area contributed by atoms with Gasteiger partial charge in [-0.1, -0.05) is 17.7 Å². The molecule has 1 aromatic heterocycles. The van der Waals surface area contributed by atoms with Crippen LogP contribution in [0.3, 0.4) is 0 Å². The largest absolute Gasteiger partial charge is 0.481 e. The second kappa shape index (κ2) is 5.53. The topological polar surface area (TPSA) is 39.1 Å². The van der Waals surface area contributed by atoms with Crippen molar-refractivity contribution >= 4 is 17.3 Å². The number of nitrogens with zero attached hydrogens (tertiary/aromatic N) is 2. The lowest BCUT2D eigenvalue weighted by Crippen LogP contribution is -2.03. The van der Waals surface area contributed by atoms with Crippen molar-refractivity contribution in [3.63, 3.8) is 0 Å². The van der Waals surface area contributed by atoms with Gasteiger partial charge in [0, 0.05) is 13.6 Å². The summed E-state index contributed by atoms with van der Waals surface area (Å²) < 4.78 is 7.10. The first kappa shape index (κ1) is 13.7. The summed E-state index contributed by atoms with van der Waals surface area (Å²) in [5.41, 5.74) is 4.06. The zero-order valence-corrected chi connectivity index (χ0v) is 12.4. The zero-order chi connectivity index (χ0) is 14.0. The molecule has 0 amide bonds. The van der Waals surface area contributed by atoms with Crippen molar-refractivity contribution in [3.05, 3.63) is 40.0 Å². The molecule has 0 radical (unpaired) electrons. The number of aromatic nitrogens is 2. The summed E-state index contributed by atoms with van der Waals surface area (Å²) >= 11 is 6.20. The first-order chi connectivity index (χ1) is 9.02. The van der Waals surface area contributed by atoms with Crippen LogP contribution >= 0.6 is 11.6 Å². The third-order valence-electron chi connectivity index (χ3n) is 3.06. The lowest BCUT2D eigenvalue weighted by molar-refractivity contribution is 0.370. The molecule has 2 rings (SSSR count). The molecule has 1 aromatic carbocycles. The second-order valence-electron chi connectivity index (χ2n) is 4.53. The third-order valence-corrected chi connectivity index (χ3v) is 3.38. The Kier molecular flexibility index (Phi) is 4.00. The van der Waals surface area contributed by atoms with Crippen LogP contribution in [0.4, 0.5) is 5.69 Å². The molecule has 0 fully saturated rings. The molecule has 102 valence electrons. The Morgan fingerprint density at radius 3 is 2.74 bits per heavy atom. The van der Waals surface area contributed by atoms with Gasteiger partial charge in [-0.3, -0.25) is 0 Å². The average molecular weight is 280 g/mol. The summed E-state index contributed by atoms with van der Waals surface area (Å²) in [6.45, 7) is 4.62. The monoisotopic (exact) mass is 279 g/mol. The maximum Gasteiger partial charge on any atom is 0.216 e. The van der Waals surface area contributed by atoms with E-state index in [-0.39, 0.29) is 0 Å². The summed E-state index contributed by atoms with van der Waals surface area (Å²) in [6.07, 6.45) is 0. The van der Waals surface area contributed by atoms with E-state index in [0.717, 1.165) is 33.4 Å². The lowest BCUT2D eigenvalue weighted by Gasteiger charge is -2.10. The van der Waals surface area contributed by atoms with Crippen molar-refractivity contribution in [2.24, 2.45) is 7.05 Å². The first-order valence-corrected chi connectivity index (χ1v) is 6.47. The van der Waals surface area contributed by atoms with Gasteiger partial charge in [0.05, 0.1) is 29.1 Å². The molecule has 5 heteroatoms. The molecule has 0 aliphatic heterocycles. The van der Waals surface area contributed by atoms with Crippen molar-refractivity contribution in [2.45, 2.75) is 20.4 Å². The average Bonchev–Trinajstić information content (AvgIpc) is 2.62. The summed E-state index contributed by atoms with van der Waals surface area (Å²) in [5.74, 6) is 0.772. The summed E-state index contributed by atoms with van der Waals surface area (Å²) in [6, 6.07) is 5.95. The van der Waals surface area contributed by atoms with Gasteiger partial charge in [-0.15, -0.1) is 0 Å². The molecule has 2 aromatic rings. The first-order valence-electron chi connectivity index (χ1n) is 6.09. The maximum atomic E-state index is 6.20. The highest BCUT2D eigenvalue weighted by Crippen LogP contribution is 2.26. The van der Waals surface area contributed by atoms with E-state index in [1.54, 1.807) is 11.8 Å². The minimum Gasteiger partial charge on any atom is -0.481 e. The number of hydrogen-bond donors (Lipinski definition) is 1. The van der Waals surface area contributed by atoms with Crippen molar-refractivity contribution in [3.8, 4) is 5.88 Å². The lowest BCUT2D eigenvalue weighted by atomic mass is 10.2. The molecular formula is C14H18ClN3O. The van der Waals surface area contributed by atoms with Gasteiger partial charge in [0.15, 0.2) is 0 Å². The van der Waals surface area contributed by atoms with Crippen LogP contribution in [0.1, 0.15) is 16.8 Å². The number of methoxy groups -OCH3 is 1. The number of hydrogen-bond acceptors (Lipinski definition) is 3. The second-order valence-corrected chi connectivity index (χ2v) is 4.94. The molecule has 1 heterocycles. The molecular weight excluding hydrogens is 262 g/mol. The number of benzene rings is 1. The van der Waals surface area contributed by atoms with E-state index in [1.807, 2.05) is 39.1 Å². The van der Waals surface area contributed by atoms with Gasteiger partial charge in [0.2, 0.25) is 5.88 Å². The van der Waals surface area contributed by atoms with Crippen LogP contribution in [-0.2, 0) is 13.6 Å². The highest BCUT2D eigenvalue weighted by atomic mass is 35.5. The van der Waals surface area contributed by atoms with E-state index < -0.39 is 0 Å². The van der Waals surface area contributed by atoms with Gasteiger partial charge in [0.1, 0.15) is 0 Å². The van der Waals surface area contributed by atoms with Gasteiger partial charge >= 0.3 is 0 Å². The predicted molar refractivity (Wildman–Crippen MR) is 78.0 cm³/mol. The van der Waals surface area contributed by atoms with Crippen LogP contribution < -0.4 is 10.1 Å². The SMILES string of the molecule is COc1c(CNc2ccc(C)cc2Cl)c(C)nn1C. The maximum absolute atomic E-state index is 6.20. The van der Waals surface area contributed by atoms with E-state index in [9.17, 15) is 0 Å². The van der Waals surface area contributed by atoms with Gasteiger partial charge in [0.25, 0.3) is 0 Å². The molecule has 0 unspecified atom stereocenters. The van der Waals surface area contributed by atoms with Crippen molar-refractivity contribution in [1.29, 1.82) is 0 Å². The van der Waals surface area contributed by atoms with Crippen LogP contribution in [-0.4, -0.2) is 16.9 Å². The summed E-state index contributed by atoms with van der Waals surface area (Å²) in [7, 11) is 3.52. The minimum atomic E-state index is 0.631. The smallest absolute Gasteiger partial charge is 0.216 e. The minimum absolute atomic E-state index is 0.631. The highest BCUT2D eigenvalue weighted by molar-refractivity contribution is 6.33. The fourth-order valence-corrected chi connectivity index (χ4v) is 2.39. The van der Waals surface area contributed by atoms with E-state index in [0.29, 0.717) is 6.54 Å². The van der Waals surface area contributed by atoms with Crippen molar-refractivity contribution in [2.75, 3.05) is 12.4 Å². The Morgan fingerprint density at radius 2 is 2.11 bits per heavy atom. The highest BCUT2D eigenvalue weighted by Gasteiger charge is 2.13. The Bertz CT molecular complexity index is 593. The predicted octanol–water partition coefficient (Wildman–Crippen LogP) is 3.31. The number of ether oxygens (including phenoxy) is 1. The summed E-state index contributed by atoms with van der Waals surface area (Å²) in [5, 5.41) is 8.39. The molecule has 0 saturated heterocycles. The normalized spacial score (nSPS) is 10.6. The molecule has 0 atom stereocenters. The van der Waals surface area contributed by atoms with E-state index in [2.05, 4.69) is 10.4 Å². The van der Waals surface area contributed by atoms with Crippen LogP contribution in [0, 0.1) is 13.8 Å². The Balaban J connectivity index is 2.19. The molecule has 0 aliphatic rings. The van der Waals surface area contributed by atoms with Crippen molar-refractivity contribution in [1.82, 2.24) is 9.78 Å². The molecule has 0 bridgehead atoms. The molecule has 4 nitrogen and oxygen atoms in total. The Hall–Kier alpha value is -1.68. The zero-order valence-electron chi connectivity index (χ0n) is 11.6. The molecule has 0 saturated carbocycles. The van der Waals surface area contributed by atoms with Gasteiger partial charge in [-0.25, -0.2) is 4.68 Å². The number of nitrogens with one attached hydrogen (secondary N) is 1. The van der Waals surface area contributed by atoms with Crippen molar-refractivity contribution < 1.29 is 4.74 Å². The quantitative estimate of drug-likeness (QED) is 0.933. The number of halogens is 1. The van der Waals surface area contributed by atoms with Crippen LogP contribution in [0.2, 0.25) is 5.02 Å². The number of aryl methyl sites for hydroxylation is 3. The third kappa shape index (κ3) is 2.84. The van der Waals surface area contributed by atoms with Gasteiger partial charge < -0.3 is 10.1 Å². The molecule has 0 aliphatic carbocycles. The molecule has 0 spiro atoms. The fourth-order valence-electron chi connectivity index (χ4n) is 2.09. The van der Waals surface area contributed by atoms with Gasteiger partial charge in [-0.05, 0) is 31.5 Å². The number of anilines is 1. The Morgan fingerprint density at radius 1 is 1.37 bits per heavy atom. The molecule has 19 heavy (non-hydrogen) atoms. The Labute approximate surface area is 118 Å².